The van der Waals surface area contributed by atoms with Crippen LogP contribution in [0.25, 0.3) is 6.08 Å². The van der Waals surface area contributed by atoms with E-state index in [1.54, 1.807) is 13.0 Å². The fourth-order valence-electron chi connectivity index (χ4n) is 2.00. The number of aryl methyl sites for hydroxylation is 1. The number of hydrogen-bond donors (Lipinski definition) is 2. The lowest BCUT2D eigenvalue weighted by Crippen LogP contribution is -2.14. The Morgan fingerprint density at radius 3 is 2.40 bits per heavy atom. The van der Waals surface area contributed by atoms with Crippen LogP contribution in [0.2, 0.25) is 0 Å². The van der Waals surface area contributed by atoms with Crippen molar-refractivity contribution in [1.82, 2.24) is 0 Å². The summed E-state index contributed by atoms with van der Waals surface area (Å²) in [5, 5.41) is 16.6. The van der Waals surface area contributed by atoms with E-state index in [-0.39, 0.29) is 16.3 Å². The van der Waals surface area contributed by atoms with E-state index in [1.807, 2.05) is 0 Å². The molecular weight excluding hydrogens is 345 g/mol. The van der Waals surface area contributed by atoms with Gasteiger partial charge in [-0.05, 0) is 60.5 Å². The second kappa shape index (κ2) is 7.25. The highest BCUT2D eigenvalue weighted by Gasteiger charge is 2.11. The summed E-state index contributed by atoms with van der Waals surface area (Å²) in [6.45, 7) is 1.58. The number of primary sulfonamides is 1. The maximum Gasteiger partial charge on any atom is 0.266 e. The number of nitrogens with one attached hydrogen (secondary N) is 1. The van der Waals surface area contributed by atoms with Crippen LogP contribution in [0, 0.1) is 24.1 Å². The molecule has 1 amide bonds. The molecule has 2 aromatic carbocycles. The predicted octanol–water partition coefficient (Wildman–Crippen LogP) is 2.33. The number of nitrogens with zero attached hydrogens (tertiary/aromatic N) is 1. The summed E-state index contributed by atoms with van der Waals surface area (Å²) in [6.07, 6.45) is 1.33. The third-order valence-corrected chi connectivity index (χ3v) is 4.23. The summed E-state index contributed by atoms with van der Waals surface area (Å²) in [4.78, 5) is 12.1. The van der Waals surface area contributed by atoms with E-state index in [9.17, 15) is 17.6 Å². The highest BCUT2D eigenvalue weighted by atomic mass is 32.2. The molecule has 2 aromatic rings. The highest BCUT2D eigenvalue weighted by molar-refractivity contribution is 7.89. The van der Waals surface area contributed by atoms with Crippen molar-refractivity contribution in [3.8, 4) is 6.07 Å². The summed E-state index contributed by atoms with van der Waals surface area (Å²) in [6, 6.07) is 11.2. The first-order valence-corrected chi connectivity index (χ1v) is 8.57. The maximum absolute atomic E-state index is 13.3. The number of halogens is 1. The smallest absolute Gasteiger partial charge is 0.266 e. The lowest BCUT2D eigenvalue weighted by molar-refractivity contribution is -0.112. The third kappa shape index (κ3) is 4.73. The van der Waals surface area contributed by atoms with Crippen LogP contribution in [0.15, 0.2) is 52.9 Å². The van der Waals surface area contributed by atoms with Gasteiger partial charge in [-0.2, -0.15) is 5.26 Å². The van der Waals surface area contributed by atoms with E-state index in [2.05, 4.69) is 5.32 Å². The maximum atomic E-state index is 13.3. The van der Waals surface area contributed by atoms with Crippen LogP contribution in [0.1, 0.15) is 11.1 Å². The molecule has 0 atom stereocenters. The molecule has 0 heterocycles. The quantitative estimate of drug-likeness (QED) is 0.644. The van der Waals surface area contributed by atoms with Crippen LogP contribution >= 0.6 is 0 Å². The molecule has 6 nitrogen and oxygen atoms in total. The van der Waals surface area contributed by atoms with Crippen molar-refractivity contribution in [3.63, 3.8) is 0 Å². The van der Waals surface area contributed by atoms with Gasteiger partial charge in [0.1, 0.15) is 17.5 Å². The Labute approximate surface area is 144 Å². The first kappa shape index (κ1) is 18.3. The van der Waals surface area contributed by atoms with Crippen molar-refractivity contribution >= 4 is 27.7 Å². The van der Waals surface area contributed by atoms with Crippen LogP contribution in [0.4, 0.5) is 10.1 Å². The number of carbonyl (C=O) groups is 1. The molecule has 0 aliphatic carbocycles. The van der Waals surface area contributed by atoms with Crippen LogP contribution in [-0.4, -0.2) is 14.3 Å². The summed E-state index contributed by atoms with van der Waals surface area (Å²) >= 11 is 0. The van der Waals surface area contributed by atoms with E-state index in [4.69, 9.17) is 10.4 Å². The molecule has 0 saturated heterocycles. The minimum absolute atomic E-state index is 0.0941. The molecule has 8 heteroatoms. The molecule has 0 aliphatic rings. The number of carbonyl (C=O) groups excluding carboxylic acids is 1. The Kier molecular flexibility index (Phi) is 5.32. The summed E-state index contributed by atoms with van der Waals surface area (Å²) in [7, 11) is -3.82. The minimum atomic E-state index is -3.82. The monoisotopic (exact) mass is 359 g/mol. The second-order valence-electron chi connectivity index (χ2n) is 5.20. The van der Waals surface area contributed by atoms with Gasteiger partial charge in [0, 0.05) is 5.69 Å². The fraction of sp³-hybridized carbons (Fsp3) is 0.0588. The van der Waals surface area contributed by atoms with Crippen molar-refractivity contribution < 1.29 is 17.6 Å². The number of hydrogen-bond acceptors (Lipinski definition) is 4. The zero-order valence-corrected chi connectivity index (χ0v) is 14.0. The van der Waals surface area contributed by atoms with E-state index in [1.165, 1.54) is 48.5 Å². The zero-order chi connectivity index (χ0) is 18.6. The SMILES string of the molecule is Cc1cc(C=C(C#N)C(=O)Nc2ccc(S(N)(=O)=O)cc2)ccc1F. The summed E-state index contributed by atoms with van der Waals surface area (Å²) < 4.78 is 35.6. The molecule has 3 N–H and O–H groups in total. The Morgan fingerprint density at radius 2 is 1.88 bits per heavy atom. The van der Waals surface area contributed by atoms with Gasteiger partial charge in [-0.15, -0.1) is 0 Å². The van der Waals surface area contributed by atoms with Crippen LogP contribution in [-0.2, 0) is 14.8 Å². The van der Waals surface area contributed by atoms with Crippen molar-refractivity contribution in [2.75, 3.05) is 5.32 Å². The number of benzene rings is 2. The van der Waals surface area contributed by atoms with E-state index >= 15 is 0 Å². The van der Waals surface area contributed by atoms with Gasteiger partial charge in [-0.3, -0.25) is 4.79 Å². The molecular formula is C17H14FN3O3S. The predicted molar refractivity (Wildman–Crippen MR) is 91.2 cm³/mol. The molecule has 0 spiro atoms. The number of amides is 1. The molecule has 0 saturated carbocycles. The Bertz CT molecular complexity index is 991. The molecule has 0 bridgehead atoms. The minimum Gasteiger partial charge on any atom is -0.321 e. The van der Waals surface area contributed by atoms with Gasteiger partial charge in [-0.25, -0.2) is 17.9 Å². The fourth-order valence-corrected chi connectivity index (χ4v) is 2.51. The highest BCUT2D eigenvalue weighted by Crippen LogP contribution is 2.16. The third-order valence-electron chi connectivity index (χ3n) is 3.30. The molecule has 0 fully saturated rings. The molecule has 0 aromatic heterocycles. The second-order valence-corrected chi connectivity index (χ2v) is 6.76. The van der Waals surface area contributed by atoms with Gasteiger partial charge in [0.05, 0.1) is 4.90 Å². The average Bonchev–Trinajstić information content (AvgIpc) is 2.55. The largest absolute Gasteiger partial charge is 0.321 e. The molecule has 0 unspecified atom stereocenters. The van der Waals surface area contributed by atoms with E-state index < -0.39 is 15.9 Å². The Balaban J connectivity index is 2.21. The zero-order valence-electron chi connectivity index (χ0n) is 13.2. The summed E-state index contributed by atoms with van der Waals surface area (Å²) in [5.41, 5.74) is 1.02. The topological polar surface area (TPSA) is 113 Å². The Morgan fingerprint density at radius 1 is 1.24 bits per heavy atom. The van der Waals surface area contributed by atoms with Crippen LogP contribution in [0.3, 0.4) is 0 Å². The molecule has 0 radical (unpaired) electrons. The normalized spacial score (nSPS) is 11.7. The number of nitriles is 1. The van der Waals surface area contributed by atoms with Crippen molar-refractivity contribution in [1.29, 1.82) is 5.26 Å². The average molecular weight is 359 g/mol. The number of nitrogens with two attached hydrogens (primary N) is 1. The number of sulfonamides is 1. The van der Waals surface area contributed by atoms with Gasteiger partial charge < -0.3 is 5.32 Å². The van der Waals surface area contributed by atoms with Gasteiger partial charge in [0.2, 0.25) is 10.0 Å². The van der Waals surface area contributed by atoms with E-state index in [0.717, 1.165) is 0 Å². The molecule has 128 valence electrons. The number of rotatable bonds is 4. The lowest BCUT2D eigenvalue weighted by Gasteiger charge is -2.06. The van der Waals surface area contributed by atoms with Crippen molar-refractivity contribution in [2.45, 2.75) is 11.8 Å². The van der Waals surface area contributed by atoms with Gasteiger partial charge in [-0.1, -0.05) is 6.07 Å². The first-order chi connectivity index (χ1) is 11.7. The van der Waals surface area contributed by atoms with Crippen LogP contribution in [0.5, 0.6) is 0 Å². The van der Waals surface area contributed by atoms with E-state index in [0.29, 0.717) is 16.8 Å². The number of anilines is 1. The lowest BCUT2D eigenvalue weighted by atomic mass is 10.1. The van der Waals surface area contributed by atoms with Gasteiger partial charge in [0.25, 0.3) is 5.91 Å². The van der Waals surface area contributed by atoms with Gasteiger partial charge >= 0.3 is 0 Å². The molecule has 25 heavy (non-hydrogen) atoms. The van der Waals surface area contributed by atoms with Crippen molar-refractivity contribution in [3.05, 3.63) is 65.0 Å². The molecule has 2 rings (SSSR count). The molecule has 0 aliphatic heterocycles. The van der Waals surface area contributed by atoms with Crippen LogP contribution < -0.4 is 10.5 Å². The first-order valence-electron chi connectivity index (χ1n) is 7.03. The standard InChI is InChI=1S/C17H14FN3O3S/c1-11-8-12(2-7-16(11)18)9-13(10-19)17(22)21-14-3-5-15(6-4-14)25(20,23)24/h2-9H,1H3,(H,21,22)(H2,20,23,24). The van der Waals surface area contributed by atoms with Gasteiger partial charge in [0.15, 0.2) is 0 Å². The van der Waals surface area contributed by atoms with Crippen molar-refractivity contribution in [2.24, 2.45) is 5.14 Å². The Hall–Kier alpha value is -3.02. The summed E-state index contributed by atoms with van der Waals surface area (Å²) in [5.74, 6) is -1.05.